The number of benzene rings is 1. The van der Waals surface area contributed by atoms with Gasteiger partial charge >= 0.3 is 6.03 Å². The Morgan fingerprint density at radius 1 is 1.21 bits per heavy atom. The van der Waals surface area contributed by atoms with Crippen LogP contribution in [0.25, 0.3) is 0 Å². The average molecular weight is 335 g/mol. The highest BCUT2D eigenvalue weighted by molar-refractivity contribution is 5.92. The number of rotatable bonds is 4. The van der Waals surface area contributed by atoms with Crippen LogP contribution in [0.15, 0.2) is 18.2 Å². The van der Waals surface area contributed by atoms with Crippen LogP contribution in [0.4, 0.5) is 20.6 Å². The number of hydrogen-bond acceptors (Lipinski definition) is 2. The van der Waals surface area contributed by atoms with Gasteiger partial charge in [0.2, 0.25) is 5.91 Å². The fourth-order valence-electron chi connectivity index (χ4n) is 3.21. The maximum atomic E-state index is 13.6. The third-order valence-electron chi connectivity index (χ3n) is 4.79. The lowest BCUT2D eigenvalue weighted by Gasteiger charge is -2.34. The van der Waals surface area contributed by atoms with Crippen molar-refractivity contribution in [3.63, 3.8) is 0 Å². The predicted molar refractivity (Wildman–Crippen MR) is 93.5 cm³/mol. The second-order valence-electron chi connectivity index (χ2n) is 6.50. The van der Waals surface area contributed by atoms with Crippen LogP contribution in [0.3, 0.4) is 0 Å². The quantitative estimate of drug-likeness (QED) is 0.865. The molecule has 1 aliphatic rings. The minimum Gasteiger partial charge on any atom is -0.325 e. The van der Waals surface area contributed by atoms with E-state index >= 15 is 0 Å². The molecule has 132 valence electrons. The second kappa shape index (κ2) is 8.13. The smallest absolute Gasteiger partial charge is 0.321 e. The number of nitrogens with one attached hydrogen (secondary N) is 2. The SMILES string of the molecule is CCC1CCC(N(C)C(=O)Nc2ccc(F)c(NC(C)=O)c2)CC1. The number of nitrogens with zero attached hydrogens (tertiary/aromatic N) is 1. The van der Waals surface area contributed by atoms with E-state index in [1.54, 1.807) is 11.9 Å². The molecule has 0 atom stereocenters. The molecule has 0 unspecified atom stereocenters. The minimum absolute atomic E-state index is 0.0615. The molecule has 0 aromatic heterocycles. The Bertz CT molecular complexity index is 598. The van der Waals surface area contributed by atoms with E-state index in [0.717, 1.165) is 31.6 Å². The van der Waals surface area contributed by atoms with E-state index in [9.17, 15) is 14.0 Å². The normalized spacial score (nSPS) is 20.3. The van der Waals surface area contributed by atoms with Crippen LogP contribution in [0.1, 0.15) is 46.0 Å². The summed E-state index contributed by atoms with van der Waals surface area (Å²) in [5, 5.41) is 5.19. The van der Waals surface area contributed by atoms with Crippen molar-refractivity contribution in [1.29, 1.82) is 0 Å². The highest BCUT2D eigenvalue weighted by Gasteiger charge is 2.25. The van der Waals surface area contributed by atoms with Crippen LogP contribution < -0.4 is 10.6 Å². The van der Waals surface area contributed by atoms with Gasteiger partial charge in [-0.2, -0.15) is 0 Å². The van der Waals surface area contributed by atoms with Crippen LogP contribution in [0.5, 0.6) is 0 Å². The molecule has 0 radical (unpaired) electrons. The van der Waals surface area contributed by atoms with E-state index in [2.05, 4.69) is 17.6 Å². The molecule has 1 fully saturated rings. The maximum absolute atomic E-state index is 13.6. The molecule has 5 nitrogen and oxygen atoms in total. The van der Waals surface area contributed by atoms with Crippen LogP contribution in [0.2, 0.25) is 0 Å². The molecule has 0 spiro atoms. The largest absolute Gasteiger partial charge is 0.325 e. The Kier molecular flexibility index (Phi) is 6.17. The summed E-state index contributed by atoms with van der Waals surface area (Å²) in [6, 6.07) is 4.17. The summed E-state index contributed by atoms with van der Waals surface area (Å²) in [5.41, 5.74) is 0.519. The van der Waals surface area contributed by atoms with Crippen LogP contribution in [0, 0.1) is 11.7 Å². The van der Waals surface area contributed by atoms with Crippen LogP contribution in [-0.2, 0) is 4.79 Å². The van der Waals surface area contributed by atoms with Crippen molar-refractivity contribution < 1.29 is 14.0 Å². The first kappa shape index (κ1) is 18.2. The fourth-order valence-corrected chi connectivity index (χ4v) is 3.21. The van der Waals surface area contributed by atoms with Crippen molar-refractivity contribution >= 4 is 23.3 Å². The number of carbonyl (C=O) groups is 2. The number of urea groups is 1. The topological polar surface area (TPSA) is 61.4 Å². The van der Waals surface area contributed by atoms with Crippen molar-refractivity contribution in [2.24, 2.45) is 5.92 Å². The monoisotopic (exact) mass is 335 g/mol. The lowest BCUT2D eigenvalue weighted by Crippen LogP contribution is -2.41. The Morgan fingerprint density at radius 2 is 1.88 bits per heavy atom. The summed E-state index contributed by atoms with van der Waals surface area (Å²) >= 11 is 0. The molecule has 2 rings (SSSR count). The average Bonchev–Trinajstić information content (AvgIpc) is 2.56. The van der Waals surface area contributed by atoms with Crippen molar-refractivity contribution in [2.45, 2.75) is 52.0 Å². The van der Waals surface area contributed by atoms with Gasteiger partial charge in [0.15, 0.2) is 0 Å². The molecule has 0 saturated heterocycles. The van der Waals surface area contributed by atoms with Gasteiger partial charge in [-0.25, -0.2) is 9.18 Å². The van der Waals surface area contributed by atoms with Gasteiger partial charge in [-0.1, -0.05) is 13.3 Å². The standard InChI is InChI=1S/C18H26FN3O2/c1-4-13-5-8-15(9-6-13)22(3)18(24)21-14-7-10-16(19)17(11-14)20-12(2)23/h7,10-11,13,15H,4-6,8-9H2,1-3H3,(H,20,23)(H,21,24). The van der Waals surface area contributed by atoms with Gasteiger partial charge in [0.25, 0.3) is 0 Å². The van der Waals surface area contributed by atoms with Gasteiger partial charge in [-0.3, -0.25) is 4.79 Å². The third kappa shape index (κ3) is 4.69. The van der Waals surface area contributed by atoms with E-state index in [1.165, 1.54) is 31.5 Å². The summed E-state index contributed by atoms with van der Waals surface area (Å²) in [4.78, 5) is 25.2. The molecular weight excluding hydrogens is 309 g/mol. The Labute approximate surface area is 142 Å². The molecule has 3 amide bonds. The molecule has 6 heteroatoms. The van der Waals surface area contributed by atoms with Crippen LogP contribution in [-0.4, -0.2) is 29.9 Å². The molecule has 24 heavy (non-hydrogen) atoms. The lowest BCUT2D eigenvalue weighted by atomic mass is 9.84. The number of halogens is 1. The summed E-state index contributed by atoms with van der Waals surface area (Å²) < 4.78 is 13.6. The molecule has 0 bridgehead atoms. The Balaban J connectivity index is 1.97. The summed E-state index contributed by atoms with van der Waals surface area (Å²) in [5.74, 6) is -0.119. The van der Waals surface area contributed by atoms with E-state index < -0.39 is 5.82 Å². The van der Waals surface area contributed by atoms with Crippen molar-refractivity contribution in [3.05, 3.63) is 24.0 Å². The molecule has 1 saturated carbocycles. The molecule has 1 aromatic rings. The van der Waals surface area contributed by atoms with Gasteiger partial charge in [0.1, 0.15) is 5.82 Å². The molecule has 2 N–H and O–H groups in total. The summed E-state index contributed by atoms with van der Waals surface area (Å²) in [6.45, 7) is 3.52. The highest BCUT2D eigenvalue weighted by Crippen LogP contribution is 2.29. The summed E-state index contributed by atoms with van der Waals surface area (Å²) in [6.07, 6.45) is 5.54. The lowest BCUT2D eigenvalue weighted by molar-refractivity contribution is -0.114. The van der Waals surface area contributed by atoms with E-state index in [4.69, 9.17) is 0 Å². The minimum atomic E-state index is -0.533. The zero-order valence-corrected chi connectivity index (χ0v) is 14.6. The highest BCUT2D eigenvalue weighted by atomic mass is 19.1. The zero-order chi connectivity index (χ0) is 17.7. The van der Waals surface area contributed by atoms with Crippen LogP contribution >= 0.6 is 0 Å². The Morgan fingerprint density at radius 3 is 2.46 bits per heavy atom. The van der Waals surface area contributed by atoms with Gasteiger partial charge in [-0.15, -0.1) is 0 Å². The number of hydrogen-bond donors (Lipinski definition) is 2. The summed E-state index contributed by atoms with van der Waals surface area (Å²) in [7, 11) is 1.80. The number of anilines is 2. The van der Waals surface area contributed by atoms with E-state index in [1.807, 2.05) is 0 Å². The van der Waals surface area contributed by atoms with Gasteiger partial charge in [0, 0.05) is 25.7 Å². The van der Waals surface area contributed by atoms with Crippen molar-refractivity contribution in [2.75, 3.05) is 17.7 Å². The van der Waals surface area contributed by atoms with Gasteiger partial charge in [-0.05, 0) is 49.8 Å². The zero-order valence-electron chi connectivity index (χ0n) is 14.6. The van der Waals surface area contributed by atoms with E-state index in [0.29, 0.717) is 5.69 Å². The van der Waals surface area contributed by atoms with Gasteiger partial charge < -0.3 is 15.5 Å². The third-order valence-corrected chi connectivity index (χ3v) is 4.79. The fraction of sp³-hybridized carbons (Fsp3) is 0.556. The first-order chi connectivity index (χ1) is 11.4. The number of carbonyl (C=O) groups excluding carboxylic acids is 2. The molecule has 1 aliphatic carbocycles. The predicted octanol–water partition coefficient (Wildman–Crippen LogP) is 4.22. The van der Waals surface area contributed by atoms with E-state index in [-0.39, 0.29) is 23.7 Å². The molecule has 0 heterocycles. The first-order valence-corrected chi connectivity index (χ1v) is 8.51. The Hall–Kier alpha value is -2.11. The van der Waals surface area contributed by atoms with Crippen molar-refractivity contribution in [1.82, 2.24) is 4.90 Å². The maximum Gasteiger partial charge on any atom is 0.321 e. The van der Waals surface area contributed by atoms with Gasteiger partial charge in [0.05, 0.1) is 5.69 Å². The van der Waals surface area contributed by atoms with Crippen molar-refractivity contribution in [3.8, 4) is 0 Å². The first-order valence-electron chi connectivity index (χ1n) is 8.51. The molecule has 1 aromatic carbocycles. The number of amides is 3. The molecular formula is C18H26FN3O2. The molecule has 0 aliphatic heterocycles. The second-order valence-corrected chi connectivity index (χ2v) is 6.50.